The van der Waals surface area contributed by atoms with Crippen molar-refractivity contribution in [1.29, 1.82) is 0 Å². The molecule has 0 radical (unpaired) electrons. The number of phenolic OH excluding ortho intramolecular Hbond substituents is 1. The van der Waals surface area contributed by atoms with Gasteiger partial charge in [0.25, 0.3) is 0 Å². The Labute approximate surface area is 110 Å². The standard InChI is InChI=1S/C17H11NO/c19-13-6-5-11-7-8-18-16-9-12-3-1-2-4-14(12)17(16)15(11)10-13/h1-10,19H. The third-order valence-corrected chi connectivity index (χ3v) is 3.55. The van der Waals surface area contributed by atoms with Crippen LogP contribution in [0.25, 0.3) is 32.8 Å². The van der Waals surface area contributed by atoms with Gasteiger partial charge in [-0.1, -0.05) is 30.3 Å². The van der Waals surface area contributed by atoms with Crippen molar-refractivity contribution in [2.24, 2.45) is 0 Å². The number of aromatic hydroxyl groups is 1. The first kappa shape index (κ1) is 10.3. The average molecular weight is 245 g/mol. The van der Waals surface area contributed by atoms with E-state index in [1.807, 2.05) is 36.5 Å². The smallest absolute Gasteiger partial charge is 0.116 e. The maximum absolute atomic E-state index is 9.76. The first-order valence-corrected chi connectivity index (χ1v) is 6.22. The number of nitrogens with zero attached hydrogens (tertiary/aromatic N) is 1. The normalized spacial score (nSPS) is 11.4. The van der Waals surface area contributed by atoms with Crippen LogP contribution >= 0.6 is 0 Å². The molecule has 1 aliphatic heterocycles. The van der Waals surface area contributed by atoms with Crippen LogP contribution in [0, 0.1) is 0 Å². The number of benzene rings is 2. The quantitative estimate of drug-likeness (QED) is 0.503. The summed E-state index contributed by atoms with van der Waals surface area (Å²) in [5.41, 5.74) is 2.06. The lowest BCUT2D eigenvalue weighted by atomic mass is 10.0. The fourth-order valence-electron chi connectivity index (χ4n) is 2.70. The minimum Gasteiger partial charge on any atom is -0.508 e. The molecular formula is C17H11NO. The molecule has 90 valence electrons. The minimum absolute atomic E-state index is 0.283. The van der Waals surface area contributed by atoms with Crippen molar-refractivity contribution in [3.8, 4) is 17.0 Å². The van der Waals surface area contributed by atoms with E-state index in [0.29, 0.717) is 0 Å². The van der Waals surface area contributed by atoms with Crippen molar-refractivity contribution in [1.82, 2.24) is 4.98 Å². The van der Waals surface area contributed by atoms with Gasteiger partial charge in [-0.2, -0.15) is 0 Å². The first-order valence-electron chi connectivity index (χ1n) is 6.22. The summed E-state index contributed by atoms with van der Waals surface area (Å²) in [7, 11) is 0. The number of hydrogen-bond donors (Lipinski definition) is 1. The predicted molar refractivity (Wildman–Crippen MR) is 77.5 cm³/mol. The van der Waals surface area contributed by atoms with Gasteiger partial charge in [-0.15, -0.1) is 0 Å². The highest BCUT2D eigenvalue weighted by molar-refractivity contribution is 6.11. The molecule has 0 aromatic heterocycles. The number of fused-ring (bicyclic) bond motifs is 5. The first-order chi connectivity index (χ1) is 9.33. The third-order valence-electron chi connectivity index (χ3n) is 3.55. The van der Waals surface area contributed by atoms with E-state index in [-0.39, 0.29) is 5.75 Å². The van der Waals surface area contributed by atoms with Crippen molar-refractivity contribution >= 4 is 21.5 Å². The second-order valence-electron chi connectivity index (χ2n) is 4.71. The Morgan fingerprint density at radius 3 is 2.63 bits per heavy atom. The third kappa shape index (κ3) is 1.47. The van der Waals surface area contributed by atoms with Gasteiger partial charge >= 0.3 is 0 Å². The molecule has 1 aliphatic carbocycles. The van der Waals surface area contributed by atoms with E-state index in [1.54, 1.807) is 6.07 Å². The molecule has 0 unspecified atom stereocenters. The summed E-state index contributed by atoms with van der Waals surface area (Å²) in [6, 6.07) is 17.8. The van der Waals surface area contributed by atoms with Crippen molar-refractivity contribution in [2.75, 3.05) is 0 Å². The van der Waals surface area contributed by atoms with E-state index in [2.05, 4.69) is 23.2 Å². The van der Waals surface area contributed by atoms with Crippen LogP contribution in [0.4, 0.5) is 0 Å². The highest BCUT2D eigenvalue weighted by atomic mass is 16.3. The molecule has 2 aliphatic rings. The topological polar surface area (TPSA) is 33.1 Å². The molecule has 0 bridgehead atoms. The Bertz CT molecular complexity index is 882. The molecule has 0 saturated carbocycles. The van der Waals surface area contributed by atoms with Crippen molar-refractivity contribution in [3.05, 3.63) is 60.8 Å². The summed E-state index contributed by atoms with van der Waals surface area (Å²) in [6.07, 6.45) is 1.82. The van der Waals surface area contributed by atoms with Crippen LogP contribution in [0.2, 0.25) is 0 Å². The summed E-state index contributed by atoms with van der Waals surface area (Å²) >= 11 is 0. The molecule has 2 aromatic carbocycles. The van der Waals surface area contributed by atoms with Crippen molar-refractivity contribution < 1.29 is 5.11 Å². The molecule has 2 nitrogen and oxygen atoms in total. The zero-order valence-electron chi connectivity index (χ0n) is 10.2. The summed E-state index contributed by atoms with van der Waals surface area (Å²) in [5, 5.41) is 14.2. The van der Waals surface area contributed by atoms with Crippen LogP contribution in [0.3, 0.4) is 0 Å². The maximum Gasteiger partial charge on any atom is 0.116 e. The Balaban J connectivity index is 2.32. The molecular weight excluding hydrogens is 234 g/mol. The van der Waals surface area contributed by atoms with Crippen LogP contribution in [-0.2, 0) is 0 Å². The highest BCUT2D eigenvalue weighted by Gasteiger charge is 2.13. The van der Waals surface area contributed by atoms with Crippen LogP contribution < -0.4 is 0 Å². The largest absolute Gasteiger partial charge is 0.508 e. The van der Waals surface area contributed by atoms with Gasteiger partial charge in [0.05, 0.1) is 5.69 Å². The van der Waals surface area contributed by atoms with Gasteiger partial charge in [0, 0.05) is 11.8 Å². The zero-order chi connectivity index (χ0) is 12.8. The second kappa shape index (κ2) is 3.69. The number of hydrogen-bond acceptors (Lipinski definition) is 2. The summed E-state index contributed by atoms with van der Waals surface area (Å²) in [5.74, 6) is 0.283. The van der Waals surface area contributed by atoms with Gasteiger partial charge in [0.15, 0.2) is 0 Å². The van der Waals surface area contributed by atoms with Gasteiger partial charge in [-0.05, 0) is 45.8 Å². The molecule has 0 saturated heterocycles. The van der Waals surface area contributed by atoms with Crippen LogP contribution in [0.15, 0.2) is 60.8 Å². The SMILES string of the molecule is Oc1ccc2ccnc3cc4ccccc4c-3c2c1. The Morgan fingerprint density at radius 2 is 1.68 bits per heavy atom. The molecule has 0 fully saturated rings. The van der Waals surface area contributed by atoms with E-state index < -0.39 is 0 Å². The van der Waals surface area contributed by atoms with E-state index >= 15 is 0 Å². The number of phenols is 1. The van der Waals surface area contributed by atoms with Gasteiger partial charge in [-0.3, -0.25) is 4.98 Å². The van der Waals surface area contributed by atoms with Crippen LogP contribution in [0.1, 0.15) is 0 Å². The lowest BCUT2D eigenvalue weighted by molar-refractivity contribution is 0.476. The van der Waals surface area contributed by atoms with Crippen LogP contribution in [0.5, 0.6) is 5.75 Å². The number of aromatic nitrogens is 1. The van der Waals surface area contributed by atoms with E-state index in [1.165, 1.54) is 10.8 Å². The molecule has 2 heteroatoms. The lowest BCUT2D eigenvalue weighted by Crippen LogP contribution is -1.75. The van der Waals surface area contributed by atoms with Crippen molar-refractivity contribution in [2.45, 2.75) is 0 Å². The molecule has 0 amide bonds. The van der Waals surface area contributed by atoms with Crippen LogP contribution in [-0.4, -0.2) is 10.1 Å². The fourth-order valence-corrected chi connectivity index (χ4v) is 2.70. The molecule has 0 atom stereocenters. The Kier molecular flexibility index (Phi) is 2.00. The summed E-state index contributed by atoms with van der Waals surface area (Å²) in [4.78, 5) is 4.51. The monoisotopic (exact) mass is 245 g/mol. The maximum atomic E-state index is 9.76. The molecule has 1 N–H and O–H groups in total. The highest BCUT2D eigenvalue weighted by Crippen LogP contribution is 2.38. The van der Waals surface area contributed by atoms with Gasteiger partial charge in [0.1, 0.15) is 5.75 Å². The van der Waals surface area contributed by atoms with Gasteiger partial charge in [-0.25, -0.2) is 0 Å². The zero-order valence-corrected chi connectivity index (χ0v) is 10.2. The second-order valence-corrected chi connectivity index (χ2v) is 4.71. The molecule has 1 heterocycles. The summed E-state index contributed by atoms with van der Waals surface area (Å²) in [6.45, 7) is 0. The summed E-state index contributed by atoms with van der Waals surface area (Å²) < 4.78 is 0. The van der Waals surface area contributed by atoms with Crippen molar-refractivity contribution in [3.63, 3.8) is 0 Å². The molecule has 0 spiro atoms. The molecule has 19 heavy (non-hydrogen) atoms. The fraction of sp³-hybridized carbons (Fsp3) is 0. The van der Waals surface area contributed by atoms with E-state index in [9.17, 15) is 5.11 Å². The minimum atomic E-state index is 0.283. The lowest BCUT2D eigenvalue weighted by Gasteiger charge is -2.00. The molecule has 4 rings (SSSR count). The van der Waals surface area contributed by atoms with Gasteiger partial charge in [0.2, 0.25) is 0 Å². The number of rotatable bonds is 0. The van der Waals surface area contributed by atoms with E-state index in [0.717, 1.165) is 22.0 Å². The Hall–Kier alpha value is -2.61. The van der Waals surface area contributed by atoms with E-state index in [4.69, 9.17) is 0 Å². The Morgan fingerprint density at radius 1 is 0.789 bits per heavy atom. The average Bonchev–Trinajstić information content (AvgIpc) is 2.69. The predicted octanol–water partition coefficient (Wildman–Crippen LogP) is 4.20. The van der Waals surface area contributed by atoms with Gasteiger partial charge < -0.3 is 5.11 Å². The molecule has 2 aromatic rings.